The lowest BCUT2D eigenvalue weighted by molar-refractivity contribution is 0.0631. The molecule has 1 amide bonds. The van der Waals surface area contributed by atoms with E-state index in [1.165, 1.54) is 6.07 Å². The molecule has 0 radical (unpaired) electrons. The van der Waals surface area contributed by atoms with E-state index in [0.29, 0.717) is 5.52 Å². The lowest BCUT2D eigenvalue weighted by atomic mass is 10.2. The molecule has 0 saturated carbocycles. The maximum Gasteiger partial charge on any atom is 0.415 e. The van der Waals surface area contributed by atoms with Crippen molar-refractivity contribution in [2.24, 2.45) is 0 Å². The minimum Gasteiger partial charge on any atom is -0.478 e. The summed E-state index contributed by atoms with van der Waals surface area (Å²) in [5.74, 6) is -1.13. The summed E-state index contributed by atoms with van der Waals surface area (Å²) in [6.45, 7) is 5.17. The molecule has 0 aliphatic carbocycles. The summed E-state index contributed by atoms with van der Waals surface area (Å²) in [5, 5.41) is 11.3. The van der Waals surface area contributed by atoms with Gasteiger partial charge in [0.1, 0.15) is 16.7 Å². The van der Waals surface area contributed by atoms with Gasteiger partial charge in [-0.3, -0.25) is 0 Å². The average Bonchev–Trinajstić information content (AvgIpc) is 2.67. The third kappa shape index (κ3) is 3.05. The van der Waals surface area contributed by atoms with E-state index in [2.05, 4.69) is 10.3 Å². The normalized spacial score (nSPS) is 11.3. The molecule has 0 atom stereocenters. The summed E-state index contributed by atoms with van der Waals surface area (Å²) in [4.78, 5) is 26.6. The van der Waals surface area contributed by atoms with Crippen molar-refractivity contribution in [3.8, 4) is 0 Å². The van der Waals surface area contributed by atoms with Crippen LogP contribution in [0.4, 0.5) is 10.8 Å². The summed E-state index contributed by atoms with van der Waals surface area (Å²) in [6, 6.07) is 4.42. The third-order valence-corrected chi connectivity index (χ3v) is 2.25. The average molecular weight is 278 g/mol. The van der Waals surface area contributed by atoms with Gasteiger partial charge in [0, 0.05) is 0 Å². The van der Waals surface area contributed by atoms with Gasteiger partial charge < -0.3 is 14.3 Å². The molecule has 0 saturated heterocycles. The zero-order chi connectivity index (χ0) is 14.9. The Labute approximate surface area is 114 Å². The molecule has 0 fully saturated rings. The number of carbonyl (C=O) groups excluding carboxylic acids is 1. The summed E-state index contributed by atoms with van der Waals surface area (Å²) in [7, 11) is 0. The van der Waals surface area contributed by atoms with Crippen LogP contribution in [0.2, 0.25) is 0 Å². The molecular weight excluding hydrogens is 264 g/mol. The number of nitrogens with zero attached hydrogens (tertiary/aromatic N) is 1. The highest BCUT2D eigenvalue weighted by molar-refractivity contribution is 6.00. The Morgan fingerprint density at radius 1 is 1.35 bits per heavy atom. The maximum absolute atomic E-state index is 11.6. The number of ether oxygens (including phenoxy) is 1. The summed E-state index contributed by atoms with van der Waals surface area (Å²) < 4.78 is 10.3. The molecule has 106 valence electrons. The molecular formula is C13H14N2O5. The first-order valence-electron chi connectivity index (χ1n) is 5.89. The topological polar surface area (TPSA) is 102 Å². The second-order valence-electron chi connectivity index (χ2n) is 5.10. The standard InChI is InChI=1S/C13H14N2O5/c1-13(2,3)20-12(18)15-11-14-8-6-4-5-7(10(16)17)9(8)19-11/h4-6H,1-3H3,(H,16,17)(H,14,15,18). The van der Waals surface area contributed by atoms with Crippen LogP contribution in [0.1, 0.15) is 31.1 Å². The number of carbonyl (C=O) groups is 2. The Hall–Kier alpha value is -2.57. The summed E-state index contributed by atoms with van der Waals surface area (Å²) in [5.41, 5.74) is -0.225. The van der Waals surface area contributed by atoms with E-state index in [0.717, 1.165) is 0 Å². The third-order valence-electron chi connectivity index (χ3n) is 2.25. The minimum absolute atomic E-state index is 0.0211. The van der Waals surface area contributed by atoms with E-state index >= 15 is 0 Å². The number of carboxylic acids is 1. The van der Waals surface area contributed by atoms with Crippen molar-refractivity contribution in [1.82, 2.24) is 4.98 Å². The fourth-order valence-corrected chi connectivity index (χ4v) is 1.56. The largest absolute Gasteiger partial charge is 0.478 e. The van der Waals surface area contributed by atoms with Crippen LogP contribution >= 0.6 is 0 Å². The monoisotopic (exact) mass is 278 g/mol. The van der Waals surface area contributed by atoms with Crippen LogP contribution < -0.4 is 5.32 Å². The van der Waals surface area contributed by atoms with Crippen LogP contribution in [0.15, 0.2) is 22.6 Å². The Morgan fingerprint density at radius 2 is 2.05 bits per heavy atom. The van der Waals surface area contributed by atoms with Crippen molar-refractivity contribution >= 4 is 29.2 Å². The molecule has 1 aromatic heterocycles. The van der Waals surface area contributed by atoms with Crippen LogP contribution in [0, 0.1) is 0 Å². The summed E-state index contributed by atoms with van der Waals surface area (Å²) in [6.07, 6.45) is -0.721. The van der Waals surface area contributed by atoms with Gasteiger partial charge in [-0.25, -0.2) is 14.9 Å². The molecule has 2 aromatic rings. The number of oxazole rings is 1. The first-order chi connectivity index (χ1) is 9.26. The molecule has 0 spiro atoms. The predicted molar refractivity (Wildman–Crippen MR) is 70.8 cm³/mol. The van der Waals surface area contributed by atoms with Gasteiger partial charge in [-0.05, 0) is 32.9 Å². The predicted octanol–water partition coefficient (Wildman–Crippen LogP) is 2.87. The smallest absolute Gasteiger partial charge is 0.415 e. The SMILES string of the molecule is CC(C)(C)OC(=O)Nc1nc2cccc(C(=O)O)c2o1. The number of benzene rings is 1. The number of nitrogens with one attached hydrogen (secondary N) is 1. The highest BCUT2D eigenvalue weighted by atomic mass is 16.6. The van der Waals surface area contributed by atoms with Gasteiger partial charge in [-0.1, -0.05) is 6.07 Å². The zero-order valence-electron chi connectivity index (χ0n) is 11.3. The second-order valence-corrected chi connectivity index (χ2v) is 5.10. The van der Waals surface area contributed by atoms with Crippen molar-refractivity contribution in [1.29, 1.82) is 0 Å². The number of hydrogen-bond acceptors (Lipinski definition) is 5. The molecule has 20 heavy (non-hydrogen) atoms. The van der Waals surface area contributed by atoms with Gasteiger partial charge in [0.25, 0.3) is 0 Å². The highest BCUT2D eigenvalue weighted by Gasteiger charge is 2.19. The van der Waals surface area contributed by atoms with Crippen LogP contribution in [0.25, 0.3) is 11.1 Å². The second kappa shape index (κ2) is 4.84. The zero-order valence-corrected chi connectivity index (χ0v) is 11.3. The Bertz CT molecular complexity index is 669. The number of hydrogen-bond donors (Lipinski definition) is 2. The number of fused-ring (bicyclic) bond motifs is 1. The van der Waals surface area contributed by atoms with Crippen molar-refractivity contribution in [2.75, 3.05) is 5.32 Å². The maximum atomic E-state index is 11.6. The first-order valence-corrected chi connectivity index (χ1v) is 5.89. The Kier molecular flexibility index (Phi) is 3.35. The first kappa shape index (κ1) is 13.9. The Morgan fingerprint density at radius 3 is 2.65 bits per heavy atom. The molecule has 0 unspecified atom stereocenters. The molecule has 1 heterocycles. The van der Waals surface area contributed by atoms with Crippen molar-refractivity contribution in [3.63, 3.8) is 0 Å². The molecule has 0 bridgehead atoms. The van der Waals surface area contributed by atoms with E-state index in [-0.39, 0.29) is 17.2 Å². The van der Waals surface area contributed by atoms with E-state index in [1.54, 1.807) is 32.9 Å². The molecule has 0 aliphatic rings. The van der Waals surface area contributed by atoms with Crippen LogP contribution in [-0.2, 0) is 4.74 Å². The quantitative estimate of drug-likeness (QED) is 0.875. The van der Waals surface area contributed by atoms with E-state index in [4.69, 9.17) is 14.3 Å². The van der Waals surface area contributed by atoms with Crippen LogP contribution in [0.5, 0.6) is 0 Å². The summed E-state index contributed by atoms with van der Waals surface area (Å²) >= 11 is 0. The van der Waals surface area contributed by atoms with Gasteiger partial charge >= 0.3 is 18.1 Å². The molecule has 1 aromatic carbocycles. The van der Waals surface area contributed by atoms with Crippen LogP contribution in [-0.4, -0.2) is 27.8 Å². The van der Waals surface area contributed by atoms with Crippen molar-refractivity contribution in [2.45, 2.75) is 26.4 Å². The minimum atomic E-state index is -1.13. The lowest BCUT2D eigenvalue weighted by Crippen LogP contribution is -2.27. The lowest BCUT2D eigenvalue weighted by Gasteiger charge is -2.18. The number of carboxylic acid groups (broad SMARTS) is 1. The van der Waals surface area contributed by atoms with Gasteiger partial charge in [0.15, 0.2) is 5.58 Å². The number of aromatic nitrogens is 1. The molecule has 7 nitrogen and oxygen atoms in total. The van der Waals surface area contributed by atoms with Gasteiger partial charge in [-0.15, -0.1) is 0 Å². The highest BCUT2D eigenvalue weighted by Crippen LogP contribution is 2.23. The number of anilines is 1. The van der Waals surface area contributed by atoms with Crippen LogP contribution in [0.3, 0.4) is 0 Å². The van der Waals surface area contributed by atoms with Crippen molar-refractivity contribution < 1.29 is 23.8 Å². The fourth-order valence-electron chi connectivity index (χ4n) is 1.56. The fraction of sp³-hybridized carbons (Fsp3) is 0.308. The van der Waals surface area contributed by atoms with E-state index in [9.17, 15) is 9.59 Å². The van der Waals surface area contributed by atoms with E-state index < -0.39 is 17.7 Å². The Balaban J connectivity index is 2.27. The van der Waals surface area contributed by atoms with Gasteiger partial charge in [0.05, 0.1) is 0 Å². The number of rotatable bonds is 2. The molecule has 2 rings (SSSR count). The van der Waals surface area contributed by atoms with Crippen molar-refractivity contribution in [3.05, 3.63) is 23.8 Å². The molecule has 0 aliphatic heterocycles. The number of amides is 1. The number of aromatic carboxylic acids is 1. The number of para-hydroxylation sites is 1. The van der Waals surface area contributed by atoms with Gasteiger partial charge in [0.2, 0.25) is 0 Å². The van der Waals surface area contributed by atoms with E-state index in [1.807, 2.05) is 0 Å². The molecule has 2 N–H and O–H groups in total. The van der Waals surface area contributed by atoms with Gasteiger partial charge in [-0.2, -0.15) is 4.98 Å². The molecule has 7 heteroatoms.